The van der Waals surface area contributed by atoms with Gasteiger partial charge in [0.15, 0.2) is 0 Å². The fourth-order valence-electron chi connectivity index (χ4n) is 9.05. The van der Waals surface area contributed by atoms with E-state index in [1.54, 1.807) is 41.8 Å². The summed E-state index contributed by atoms with van der Waals surface area (Å²) in [7, 11) is -1.28. The molecular formula is C40H56SiZr. The summed E-state index contributed by atoms with van der Waals surface area (Å²) in [6.07, 6.45) is 11.5. The molecule has 6 rings (SSSR count). The zero-order chi connectivity index (χ0) is 30.8. The Labute approximate surface area is 266 Å². The Kier molecular flexibility index (Phi) is 7.13. The van der Waals surface area contributed by atoms with Gasteiger partial charge in [-0.25, -0.2) is 0 Å². The molecule has 4 aliphatic rings. The second-order valence-corrected chi connectivity index (χ2v) is 31.0. The fraction of sp³-hybridized carbons (Fsp3) is 0.575. The van der Waals surface area contributed by atoms with Gasteiger partial charge < -0.3 is 0 Å². The van der Waals surface area contributed by atoms with Gasteiger partial charge in [-0.15, -0.1) is 0 Å². The molecule has 0 aromatic heterocycles. The molecule has 0 aliphatic heterocycles. The minimum absolute atomic E-state index is 0.193. The summed E-state index contributed by atoms with van der Waals surface area (Å²) in [5, 5.41) is 1.70. The average Bonchev–Trinajstić information content (AvgIpc) is 3.49. The minimum atomic E-state index is -2.06. The van der Waals surface area contributed by atoms with Crippen molar-refractivity contribution < 1.29 is 21.3 Å². The molecule has 0 nitrogen and oxygen atoms in total. The fourth-order valence-corrected chi connectivity index (χ4v) is 20.6. The summed E-state index contributed by atoms with van der Waals surface area (Å²) in [6, 6.07) is 10.6. The standard InChI is InChI=1S/C29H37.C8H13Si.C3H6.Zr/c1-26(2)9-11-28(5,6)24-16-20-18(14-22(24)26)13-19-15-23-25(17-21(19)20)29(7,8)12-10-27(23,3)4;1-9(2,3)8-6-4-5-7-8;1-3-2;/h9,14-17H,10-13H2,1-8H3;6-7H,4H2,1-3H3;1-2H3;. The molecule has 0 N–H and O–H groups in total. The average molecular weight is 656 g/mol. The monoisotopic (exact) mass is 654 g/mol. The van der Waals surface area contributed by atoms with E-state index < -0.39 is 29.3 Å². The topological polar surface area (TPSA) is 0 Å². The van der Waals surface area contributed by atoms with Crippen molar-refractivity contribution in [1.29, 1.82) is 0 Å². The van der Waals surface area contributed by atoms with Gasteiger partial charge in [0, 0.05) is 0 Å². The molecule has 0 fully saturated rings. The molecule has 0 radical (unpaired) electrons. The Hall–Kier alpha value is -1.11. The van der Waals surface area contributed by atoms with Crippen LogP contribution < -0.4 is 0 Å². The third kappa shape index (κ3) is 4.80. The first-order valence-corrected chi connectivity index (χ1v) is 24.1. The predicted molar refractivity (Wildman–Crippen MR) is 185 cm³/mol. The first kappa shape index (κ1) is 30.9. The molecule has 1 atom stereocenters. The van der Waals surface area contributed by atoms with Gasteiger partial charge in [-0.05, 0) is 0 Å². The van der Waals surface area contributed by atoms with Crippen molar-refractivity contribution in [1.82, 2.24) is 0 Å². The molecule has 0 heterocycles. The van der Waals surface area contributed by atoms with E-state index in [-0.39, 0.29) is 21.7 Å². The van der Waals surface area contributed by atoms with Gasteiger partial charge in [0.1, 0.15) is 0 Å². The molecular weight excluding hydrogens is 600 g/mol. The molecule has 1 unspecified atom stereocenters. The van der Waals surface area contributed by atoms with E-state index >= 15 is 0 Å². The van der Waals surface area contributed by atoms with Crippen LogP contribution in [0.15, 0.2) is 44.9 Å². The van der Waals surface area contributed by atoms with Crippen molar-refractivity contribution in [2.24, 2.45) is 0 Å². The van der Waals surface area contributed by atoms with E-state index in [0.717, 1.165) is 10.0 Å². The maximum absolute atomic E-state index is 2.72. The summed E-state index contributed by atoms with van der Waals surface area (Å²) >= 11 is -2.06. The van der Waals surface area contributed by atoms with Crippen molar-refractivity contribution in [3.05, 3.63) is 78.3 Å². The van der Waals surface area contributed by atoms with Crippen LogP contribution in [0.25, 0.3) is 11.1 Å². The van der Waals surface area contributed by atoms with E-state index in [9.17, 15) is 0 Å². The summed E-state index contributed by atoms with van der Waals surface area (Å²) in [6.45, 7) is 32.8. The van der Waals surface area contributed by atoms with Crippen LogP contribution in [0.2, 0.25) is 23.3 Å². The van der Waals surface area contributed by atoms with Crippen molar-refractivity contribution in [3.8, 4) is 11.1 Å². The van der Waals surface area contributed by atoms with Crippen molar-refractivity contribution in [3.63, 3.8) is 0 Å². The van der Waals surface area contributed by atoms with Crippen LogP contribution in [0.4, 0.5) is 0 Å². The molecule has 0 amide bonds. The normalized spacial score (nSPS) is 24.2. The third-order valence-electron chi connectivity index (χ3n) is 12.0. The zero-order valence-electron chi connectivity index (χ0n) is 29.1. The molecule has 0 saturated carbocycles. The van der Waals surface area contributed by atoms with Crippen LogP contribution in [0.1, 0.15) is 128 Å². The Morgan fingerprint density at radius 2 is 1.21 bits per heavy atom. The zero-order valence-corrected chi connectivity index (χ0v) is 32.5. The van der Waals surface area contributed by atoms with Gasteiger partial charge in [-0.3, -0.25) is 0 Å². The van der Waals surface area contributed by atoms with Crippen molar-refractivity contribution in [2.45, 2.75) is 146 Å². The molecule has 224 valence electrons. The summed E-state index contributed by atoms with van der Waals surface area (Å²) in [5.74, 6) is 0. The predicted octanol–water partition coefficient (Wildman–Crippen LogP) is 11.3. The second-order valence-electron chi connectivity index (χ2n) is 18.1. The van der Waals surface area contributed by atoms with E-state index in [0.29, 0.717) is 0 Å². The summed E-state index contributed by atoms with van der Waals surface area (Å²) < 4.78 is 4.45. The first-order chi connectivity index (χ1) is 19.2. The quantitative estimate of drug-likeness (QED) is 0.246. The molecule has 0 saturated heterocycles. The SMILES string of the molecule is C[C](C)=[Zr]([C]1=CC([Si](C)(C)C)=CC1)[CH]1CC(C)(C)c2cc3c(cc2C1(C)C)Cc1cc2c(cc1-3)C(C)(C)CCC2(C)C. The Balaban J connectivity index is 1.47. The number of benzene rings is 2. The van der Waals surface area contributed by atoms with Gasteiger partial charge in [-0.2, -0.15) is 0 Å². The Morgan fingerprint density at radius 3 is 1.71 bits per heavy atom. The summed E-state index contributed by atoms with van der Waals surface area (Å²) in [5.41, 5.74) is 13.6. The number of allylic oxidation sites excluding steroid dienone is 4. The van der Waals surface area contributed by atoms with E-state index in [2.05, 4.69) is 125 Å². The van der Waals surface area contributed by atoms with Gasteiger partial charge in [-0.1, -0.05) is 0 Å². The Bertz CT molecular complexity index is 1590. The Morgan fingerprint density at radius 1 is 0.714 bits per heavy atom. The van der Waals surface area contributed by atoms with Gasteiger partial charge in [0.2, 0.25) is 0 Å². The van der Waals surface area contributed by atoms with E-state index in [1.165, 1.54) is 36.8 Å². The van der Waals surface area contributed by atoms with Crippen LogP contribution in [0.5, 0.6) is 0 Å². The van der Waals surface area contributed by atoms with Crippen molar-refractivity contribution >= 4 is 11.3 Å². The molecule has 42 heavy (non-hydrogen) atoms. The number of fused-ring (bicyclic) bond motifs is 5. The van der Waals surface area contributed by atoms with Crippen LogP contribution >= 0.6 is 0 Å². The molecule has 2 aromatic rings. The third-order valence-corrected chi connectivity index (χ3v) is 23.2. The van der Waals surface area contributed by atoms with Crippen LogP contribution in [-0.2, 0) is 49.3 Å². The van der Waals surface area contributed by atoms with Gasteiger partial charge >= 0.3 is 268 Å². The molecule has 4 aliphatic carbocycles. The van der Waals surface area contributed by atoms with Crippen molar-refractivity contribution in [2.75, 3.05) is 0 Å². The molecule has 2 heteroatoms. The molecule has 2 aromatic carbocycles. The molecule has 0 bridgehead atoms. The number of rotatable bonds is 3. The van der Waals surface area contributed by atoms with Crippen LogP contribution in [0.3, 0.4) is 0 Å². The van der Waals surface area contributed by atoms with Crippen LogP contribution in [-0.4, -0.2) is 11.3 Å². The van der Waals surface area contributed by atoms with Gasteiger partial charge in [0.25, 0.3) is 0 Å². The van der Waals surface area contributed by atoms with E-state index in [1.807, 2.05) is 3.28 Å². The summed E-state index contributed by atoms with van der Waals surface area (Å²) in [4.78, 5) is 0. The second kappa shape index (κ2) is 9.69. The van der Waals surface area contributed by atoms with Crippen LogP contribution in [0, 0.1) is 0 Å². The number of hydrogen-bond acceptors (Lipinski definition) is 0. The van der Waals surface area contributed by atoms with E-state index in [4.69, 9.17) is 0 Å². The molecule has 0 spiro atoms. The first-order valence-electron chi connectivity index (χ1n) is 16.7. The van der Waals surface area contributed by atoms with Gasteiger partial charge in [0.05, 0.1) is 0 Å². The number of hydrogen-bond donors (Lipinski definition) is 0. The maximum atomic E-state index is 2.72.